The normalized spacial score (nSPS) is 19.2. The van der Waals surface area contributed by atoms with E-state index in [9.17, 15) is 91.3 Å². The number of hydrogen-bond acceptors (Lipinski definition) is 24. The summed E-state index contributed by atoms with van der Waals surface area (Å²) in [5.41, 5.74) is 0. The van der Waals surface area contributed by atoms with Crippen LogP contribution in [0.15, 0.2) is 0 Å². The van der Waals surface area contributed by atoms with E-state index in [1.807, 2.05) is 0 Å². The van der Waals surface area contributed by atoms with Crippen LogP contribution < -0.4 is 0 Å². The molecule has 0 aromatic carbocycles. The zero-order valence-electron chi connectivity index (χ0n) is 15.9. The van der Waals surface area contributed by atoms with Crippen LogP contribution in [0, 0.1) is 60.7 Å². The van der Waals surface area contributed by atoms with Gasteiger partial charge in [0.1, 0.15) is 0 Å². The van der Waals surface area contributed by atoms with E-state index >= 15 is 0 Å². The van der Waals surface area contributed by atoms with Crippen molar-refractivity contribution in [1.82, 2.24) is 0 Å². The summed E-state index contributed by atoms with van der Waals surface area (Å²) >= 11 is 0. The largest absolute Gasteiger partial charge is 0.364 e. The topological polar surface area (TPSA) is 436 Å². The molecule has 0 aromatic rings. The summed E-state index contributed by atoms with van der Waals surface area (Å²) in [7, 11) is 0. The van der Waals surface area contributed by atoms with Crippen LogP contribution in [0.1, 0.15) is 0 Å². The Bertz CT molecular complexity index is 838. The van der Waals surface area contributed by atoms with Gasteiger partial charge in [-0.2, -0.15) is 0 Å². The van der Waals surface area contributed by atoms with Gasteiger partial charge in [-0.15, -0.1) is 60.7 Å². The monoisotopic (exact) mass is 548 g/mol. The molecular formula is C6H8N6O24. The number of aliphatic hydroxyl groups is 6. The molecule has 0 bridgehead atoms. The van der Waals surface area contributed by atoms with Gasteiger partial charge in [0.2, 0.25) is 0 Å². The molecule has 0 unspecified atom stereocenters. The highest BCUT2D eigenvalue weighted by Crippen LogP contribution is 2.46. The van der Waals surface area contributed by atoms with Crippen molar-refractivity contribution in [2.24, 2.45) is 0 Å². The molecule has 30 nitrogen and oxygen atoms in total. The van der Waals surface area contributed by atoms with Gasteiger partial charge in [-0.1, -0.05) is 0 Å². The predicted octanol–water partition coefficient (Wildman–Crippen LogP) is -6.37. The highest BCUT2D eigenvalue weighted by molar-refractivity contribution is 5.05. The van der Waals surface area contributed by atoms with Crippen molar-refractivity contribution in [3.05, 3.63) is 60.7 Å². The summed E-state index contributed by atoms with van der Waals surface area (Å²) in [6.45, 7) is 0. The molecule has 0 spiro atoms. The molecule has 0 saturated heterocycles. The maximum absolute atomic E-state index is 10.9. The van der Waals surface area contributed by atoms with Crippen molar-refractivity contribution < 1.29 is 90.2 Å². The molecule has 0 aliphatic heterocycles. The van der Waals surface area contributed by atoms with E-state index < -0.39 is 66.2 Å². The lowest BCUT2D eigenvalue weighted by Gasteiger charge is -2.51. The second-order valence-electron chi connectivity index (χ2n) is 5.30. The van der Waals surface area contributed by atoms with Gasteiger partial charge in [-0.05, 0) is 0 Å². The average Bonchev–Trinajstić information content (AvgIpc) is 2.63. The van der Waals surface area contributed by atoms with Crippen LogP contribution in [0.4, 0.5) is 0 Å². The third-order valence-electron chi connectivity index (χ3n) is 3.31. The van der Waals surface area contributed by atoms with Gasteiger partial charge in [0.25, 0.3) is 43.1 Å². The Hall–Kier alpha value is -5.04. The van der Waals surface area contributed by atoms with E-state index in [1.165, 1.54) is 0 Å². The van der Waals surface area contributed by atoms with Crippen LogP contribution >= 0.6 is 0 Å². The summed E-state index contributed by atoms with van der Waals surface area (Å²) in [4.78, 5) is 82.7. The molecule has 6 N–H and O–H groups in total. The molecule has 0 aliphatic rings. The lowest BCUT2D eigenvalue weighted by atomic mass is 9.88. The number of aliphatic hydroxyl groups excluding tert-OH is 2. The van der Waals surface area contributed by atoms with Crippen molar-refractivity contribution in [3.63, 3.8) is 0 Å². The van der Waals surface area contributed by atoms with Gasteiger partial charge in [0, 0.05) is 0 Å². The Morgan fingerprint density at radius 3 is 0.861 bits per heavy atom. The molecule has 36 heavy (non-hydrogen) atoms. The Balaban J connectivity index is 7.82. The molecule has 6 atom stereocenters. The zero-order valence-corrected chi connectivity index (χ0v) is 15.9. The van der Waals surface area contributed by atoms with Crippen LogP contribution in [0.5, 0.6) is 0 Å². The number of hydrogen-bond donors (Lipinski definition) is 6. The molecule has 0 rings (SSSR count). The fourth-order valence-corrected chi connectivity index (χ4v) is 2.04. The molecular weight excluding hydrogens is 540 g/mol. The molecule has 0 heterocycles. The van der Waals surface area contributed by atoms with Crippen molar-refractivity contribution in [2.75, 3.05) is 0 Å². The van der Waals surface area contributed by atoms with E-state index in [4.69, 9.17) is 0 Å². The first-order chi connectivity index (χ1) is 16.1. The summed E-state index contributed by atoms with van der Waals surface area (Å²) in [6.07, 6.45) is -8.67. The Morgan fingerprint density at radius 1 is 0.472 bits per heavy atom. The second kappa shape index (κ2) is 10.5. The zero-order chi connectivity index (χ0) is 28.9. The second-order valence-corrected chi connectivity index (χ2v) is 5.30. The minimum Gasteiger partial charge on any atom is -0.364 e. The van der Waals surface area contributed by atoms with Crippen molar-refractivity contribution in [3.8, 4) is 0 Å². The smallest absolute Gasteiger partial charge is 0.332 e. The fraction of sp³-hybridized carbons (Fsp3) is 1.00. The first-order valence-corrected chi connectivity index (χ1v) is 7.31. The Labute approximate surface area is 188 Å². The lowest BCUT2D eigenvalue weighted by molar-refractivity contribution is -0.914. The number of nitrogens with zero attached hydrogens (tertiary/aromatic N) is 6. The summed E-state index contributed by atoms with van der Waals surface area (Å²) in [5.74, 6) is -23.2. The summed E-state index contributed by atoms with van der Waals surface area (Å²) in [5, 5.41) is 110. The molecule has 0 radical (unpaired) electrons. The maximum Gasteiger partial charge on any atom is 0.332 e. The highest BCUT2D eigenvalue weighted by Gasteiger charge is 2.84. The number of rotatable bonds is 17. The predicted molar refractivity (Wildman–Crippen MR) is 80.3 cm³/mol. The molecule has 0 fully saturated rings. The van der Waals surface area contributed by atoms with E-state index in [2.05, 4.69) is 29.0 Å². The first kappa shape index (κ1) is 31.0. The molecule has 0 aromatic heterocycles. The molecule has 0 amide bonds. The SMILES string of the molecule is O=[N+]([O-])O[C@@H](O)[C@@](O)(O[N+](=O)[O-])[C@@](O)(O[N+](=O)[O-])[C@](O)(O[N+](=O)[O-])[C@](O)(O[N+](=O)[O-])[C@H](O)O[N+](=O)[O-]. The molecule has 0 aliphatic carbocycles. The first-order valence-electron chi connectivity index (χ1n) is 7.31. The maximum atomic E-state index is 10.9. The lowest BCUT2D eigenvalue weighted by Crippen LogP contribution is -2.84. The Morgan fingerprint density at radius 2 is 0.694 bits per heavy atom. The van der Waals surface area contributed by atoms with Crippen LogP contribution in [0.3, 0.4) is 0 Å². The van der Waals surface area contributed by atoms with Crippen LogP contribution in [0.25, 0.3) is 0 Å². The van der Waals surface area contributed by atoms with Gasteiger partial charge in [-0.3, -0.25) is 29.0 Å². The van der Waals surface area contributed by atoms with Gasteiger partial charge >= 0.3 is 23.1 Å². The van der Waals surface area contributed by atoms with E-state index in [0.29, 0.717) is 0 Å². The van der Waals surface area contributed by atoms with Crippen molar-refractivity contribution >= 4 is 0 Å². The van der Waals surface area contributed by atoms with Gasteiger partial charge in [-0.25, -0.2) is 0 Å². The van der Waals surface area contributed by atoms with Gasteiger partial charge in [0.05, 0.1) is 0 Å². The minimum absolute atomic E-state index is 2.23. The van der Waals surface area contributed by atoms with Crippen molar-refractivity contribution in [2.45, 2.75) is 35.7 Å². The van der Waals surface area contributed by atoms with Gasteiger partial charge < -0.3 is 30.6 Å². The summed E-state index contributed by atoms with van der Waals surface area (Å²) < 4.78 is 0. The third-order valence-corrected chi connectivity index (χ3v) is 3.31. The standard InChI is InChI=1S/C6H8N6O24/c13-1(31-7(19)20)3(15,33-9(23)24)5(17,35-11(27)28)6(18,36-12(29)30)4(16,34-10(25)26)2(14)32-8(21)22/h1-2,13-18H/t1-,2-,3-,4-,5-,6-/m1/s1. The van der Waals surface area contributed by atoms with E-state index in [-0.39, 0.29) is 0 Å². The van der Waals surface area contributed by atoms with E-state index in [0.717, 1.165) is 0 Å². The van der Waals surface area contributed by atoms with Crippen LogP contribution in [-0.2, 0) is 29.0 Å². The molecule has 0 saturated carbocycles. The van der Waals surface area contributed by atoms with Crippen LogP contribution in [-0.4, -0.2) is 96.9 Å². The molecule has 206 valence electrons. The van der Waals surface area contributed by atoms with E-state index in [1.54, 1.807) is 0 Å². The molecule has 30 heteroatoms. The fourth-order valence-electron chi connectivity index (χ4n) is 2.04. The Kier molecular flexibility index (Phi) is 9.01. The van der Waals surface area contributed by atoms with Crippen molar-refractivity contribution in [1.29, 1.82) is 0 Å². The van der Waals surface area contributed by atoms with Crippen LogP contribution in [0.2, 0.25) is 0 Å². The summed E-state index contributed by atoms with van der Waals surface area (Å²) in [6, 6.07) is 0. The van der Waals surface area contributed by atoms with Gasteiger partial charge in [0.15, 0.2) is 0 Å². The minimum atomic E-state index is -6.00. The highest BCUT2D eigenvalue weighted by atomic mass is 17.1. The quantitative estimate of drug-likeness (QED) is 0.0558. The third kappa shape index (κ3) is 5.90. The average molecular weight is 548 g/mol.